The van der Waals surface area contributed by atoms with Gasteiger partial charge in [0.1, 0.15) is 0 Å². The van der Waals surface area contributed by atoms with Crippen LogP contribution < -0.4 is 0 Å². The van der Waals surface area contributed by atoms with Crippen molar-refractivity contribution < 1.29 is 9.53 Å². The molecule has 1 aliphatic carbocycles. The highest BCUT2D eigenvalue weighted by molar-refractivity contribution is 5.76. The molecule has 4 nitrogen and oxygen atoms in total. The van der Waals surface area contributed by atoms with Gasteiger partial charge in [-0.25, -0.2) is 0 Å². The standard InChI is InChI=1S/C25H38N2O2/c28-25(19-21-7-2-1-3-8-21)27(24-12-17-29-18-13-24)15-6-14-26-16-11-22-9-4-5-10-23(22)20-26/h4-5,9-10,21,24H,1-3,6-8,11-20H2. The summed E-state index contributed by atoms with van der Waals surface area (Å²) in [5.74, 6) is 1.03. The zero-order valence-corrected chi connectivity index (χ0v) is 18.0. The average Bonchev–Trinajstić information content (AvgIpc) is 2.78. The fourth-order valence-corrected chi connectivity index (χ4v) is 5.47. The Bertz CT molecular complexity index is 650. The topological polar surface area (TPSA) is 32.8 Å². The van der Waals surface area contributed by atoms with Crippen molar-refractivity contribution in [2.24, 2.45) is 5.92 Å². The molecule has 2 fully saturated rings. The molecule has 1 saturated carbocycles. The molecule has 2 heterocycles. The van der Waals surface area contributed by atoms with Gasteiger partial charge in [-0.2, -0.15) is 0 Å². The fraction of sp³-hybridized carbons (Fsp3) is 0.720. The number of benzene rings is 1. The van der Waals surface area contributed by atoms with Gasteiger partial charge in [0, 0.05) is 51.9 Å². The van der Waals surface area contributed by atoms with Crippen LogP contribution in [0.5, 0.6) is 0 Å². The van der Waals surface area contributed by atoms with Gasteiger partial charge < -0.3 is 9.64 Å². The van der Waals surface area contributed by atoms with E-state index in [1.54, 1.807) is 0 Å². The number of fused-ring (bicyclic) bond motifs is 1. The van der Waals surface area contributed by atoms with Crippen LogP contribution in [0.25, 0.3) is 0 Å². The van der Waals surface area contributed by atoms with Crippen LogP contribution in [0.3, 0.4) is 0 Å². The van der Waals surface area contributed by atoms with Crippen LogP contribution in [0.15, 0.2) is 24.3 Å². The molecule has 0 atom stereocenters. The number of carbonyl (C=O) groups excluding carboxylic acids is 1. The Morgan fingerprint density at radius 2 is 1.79 bits per heavy atom. The second-order valence-corrected chi connectivity index (χ2v) is 9.29. The summed E-state index contributed by atoms with van der Waals surface area (Å²) in [4.78, 5) is 18.0. The Morgan fingerprint density at radius 1 is 1.03 bits per heavy atom. The molecule has 3 aliphatic rings. The van der Waals surface area contributed by atoms with Crippen LogP contribution in [0.2, 0.25) is 0 Å². The largest absolute Gasteiger partial charge is 0.381 e. The van der Waals surface area contributed by atoms with Crippen molar-refractivity contribution in [1.29, 1.82) is 0 Å². The third-order valence-corrected chi connectivity index (χ3v) is 7.22. The lowest BCUT2D eigenvalue weighted by Gasteiger charge is -2.36. The second kappa shape index (κ2) is 10.6. The lowest BCUT2D eigenvalue weighted by Crippen LogP contribution is -2.45. The van der Waals surface area contributed by atoms with E-state index < -0.39 is 0 Å². The molecule has 0 unspecified atom stereocenters. The molecule has 1 saturated heterocycles. The summed E-state index contributed by atoms with van der Waals surface area (Å²) in [6.45, 7) is 5.81. The third kappa shape index (κ3) is 5.82. The molecular weight excluding hydrogens is 360 g/mol. The van der Waals surface area contributed by atoms with Gasteiger partial charge in [0.2, 0.25) is 5.91 Å². The number of amides is 1. The lowest BCUT2D eigenvalue weighted by molar-refractivity contribution is -0.136. The van der Waals surface area contributed by atoms with Crippen LogP contribution in [0.4, 0.5) is 0 Å². The molecule has 1 aromatic rings. The van der Waals surface area contributed by atoms with Crippen LogP contribution in [-0.4, -0.2) is 54.6 Å². The number of hydrogen-bond donors (Lipinski definition) is 0. The van der Waals surface area contributed by atoms with E-state index in [-0.39, 0.29) is 0 Å². The summed E-state index contributed by atoms with van der Waals surface area (Å²) in [5, 5.41) is 0. The van der Waals surface area contributed by atoms with Crippen molar-refractivity contribution in [3.63, 3.8) is 0 Å². The van der Waals surface area contributed by atoms with E-state index in [2.05, 4.69) is 34.1 Å². The first-order chi connectivity index (χ1) is 14.3. The smallest absolute Gasteiger partial charge is 0.223 e. The zero-order valence-electron chi connectivity index (χ0n) is 18.0. The van der Waals surface area contributed by atoms with Crippen molar-refractivity contribution in [3.8, 4) is 0 Å². The molecule has 1 amide bonds. The van der Waals surface area contributed by atoms with Gasteiger partial charge in [0.25, 0.3) is 0 Å². The van der Waals surface area contributed by atoms with Gasteiger partial charge in [-0.1, -0.05) is 43.5 Å². The van der Waals surface area contributed by atoms with E-state index in [9.17, 15) is 4.79 Å². The quantitative estimate of drug-likeness (QED) is 0.682. The maximum absolute atomic E-state index is 13.2. The Balaban J connectivity index is 1.30. The lowest BCUT2D eigenvalue weighted by atomic mass is 9.86. The molecule has 2 aliphatic heterocycles. The fourth-order valence-electron chi connectivity index (χ4n) is 5.47. The van der Waals surface area contributed by atoms with E-state index in [0.717, 1.165) is 71.5 Å². The predicted molar refractivity (Wildman–Crippen MR) is 117 cm³/mol. The summed E-state index contributed by atoms with van der Waals surface area (Å²) in [6, 6.07) is 9.23. The molecular formula is C25H38N2O2. The number of ether oxygens (including phenoxy) is 1. The molecule has 1 aromatic carbocycles. The van der Waals surface area contributed by atoms with Gasteiger partial charge in [-0.3, -0.25) is 9.69 Å². The molecule has 0 N–H and O–H groups in total. The van der Waals surface area contributed by atoms with Crippen molar-refractivity contribution in [2.75, 3.05) is 32.8 Å². The summed E-state index contributed by atoms with van der Waals surface area (Å²) in [7, 11) is 0. The van der Waals surface area contributed by atoms with E-state index in [4.69, 9.17) is 4.74 Å². The minimum atomic E-state index is 0.391. The Kier molecular flexibility index (Phi) is 7.61. The van der Waals surface area contributed by atoms with E-state index in [0.29, 0.717) is 17.9 Å². The van der Waals surface area contributed by atoms with Crippen molar-refractivity contribution >= 4 is 5.91 Å². The van der Waals surface area contributed by atoms with Crippen molar-refractivity contribution in [1.82, 2.24) is 9.80 Å². The van der Waals surface area contributed by atoms with Gasteiger partial charge in [-0.05, 0) is 55.6 Å². The zero-order chi connectivity index (χ0) is 19.9. The van der Waals surface area contributed by atoms with Gasteiger partial charge in [-0.15, -0.1) is 0 Å². The average molecular weight is 399 g/mol. The Morgan fingerprint density at radius 3 is 2.59 bits per heavy atom. The first-order valence-corrected chi connectivity index (χ1v) is 12.0. The highest BCUT2D eigenvalue weighted by Crippen LogP contribution is 2.28. The minimum Gasteiger partial charge on any atom is -0.381 e. The number of hydrogen-bond acceptors (Lipinski definition) is 3. The highest BCUT2D eigenvalue weighted by Gasteiger charge is 2.28. The normalized spacial score (nSPS) is 21.7. The van der Waals surface area contributed by atoms with Crippen molar-refractivity contribution in [3.05, 3.63) is 35.4 Å². The van der Waals surface area contributed by atoms with Crippen LogP contribution in [-0.2, 0) is 22.5 Å². The van der Waals surface area contributed by atoms with Gasteiger partial charge in [0.05, 0.1) is 0 Å². The van der Waals surface area contributed by atoms with E-state index >= 15 is 0 Å². The van der Waals surface area contributed by atoms with Gasteiger partial charge in [0.15, 0.2) is 0 Å². The first-order valence-electron chi connectivity index (χ1n) is 12.0. The predicted octanol–water partition coefficient (Wildman–Crippen LogP) is 4.41. The molecule has 160 valence electrons. The van der Waals surface area contributed by atoms with Gasteiger partial charge >= 0.3 is 0 Å². The molecule has 0 aromatic heterocycles. The number of rotatable bonds is 7. The minimum absolute atomic E-state index is 0.391. The summed E-state index contributed by atoms with van der Waals surface area (Å²) < 4.78 is 5.57. The number of carbonyl (C=O) groups is 1. The van der Waals surface area contributed by atoms with Crippen molar-refractivity contribution in [2.45, 2.75) is 76.8 Å². The molecule has 0 bridgehead atoms. The number of nitrogens with zero attached hydrogens (tertiary/aromatic N) is 2. The summed E-state index contributed by atoms with van der Waals surface area (Å²) in [6.07, 6.45) is 11.5. The molecule has 29 heavy (non-hydrogen) atoms. The van der Waals surface area contributed by atoms with Crippen LogP contribution >= 0.6 is 0 Å². The maximum atomic E-state index is 13.2. The maximum Gasteiger partial charge on any atom is 0.223 e. The summed E-state index contributed by atoms with van der Waals surface area (Å²) in [5.41, 5.74) is 2.99. The molecule has 4 rings (SSSR count). The Labute approximate surface area is 176 Å². The first kappa shape index (κ1) is 20.9. The van der Waals surface area contributed by atoms with E-state index in [1.165, 1.54) is 43.2 Å². The molecule has 0 radical (unpaired) electrons. The molecule has 4 heteroatoms. The highest BCUT2D eigenvalue weighted by atomic mass is 16.5. The SMILES string of the molecule is O=C(CC1CCCCC1)N(CCCN1CCc2ccccc2C1)C1CCOCC1. The monoisotopic (exact) mass is 398 g/mol. The third-order valence-electron chi connectivity index (χ3n) is 7.22. The molecule has 0 spiro atoms. The summed E-state index contributed by atoms with van der Waals surface area (Å²) >= 11 is 0. The second-order valence-electron chi connectivity index (χ2n) is 9.29. The van der Waals surface area contributed by atoms with Crippen LogP contribution in [0.1, 0.15) is 68.9 Å². The Hall–Kier alpha value is -1.39. The van der Waals surface area contributed by atoms with Crippen LogP contribution in [0, 0.1) is 5.92 Å². The van der Waals surface area contributed by atoms with E-state index in [1.807, 2.05) is 0 Å².